The van der Waals surface area contributed by atoms with E-state index in [0.29, 0.717) is 18.7 Å². The Kier molecular flexibility index (Phi) is 5.93. The van der Waals surface area contributed by atoms with E-state index in [1.165, 1.54) is 5.56 Å². The zero-order valence-electron chi connectivity index (χ0n) is 14.8. The second-order valence-electron chi connectivity index (χ2n) is 6.13. The number of carbonyl (C=O) groups is 1. The smallest absolute Gasteiger partial charge is 0.255 e. The van der Waals surface area contributed by atoms with Crippen molar-refractivity contribution < 1.29 is 4.79 Å². The summed E-state index contributed by atoms with van der Waals surface area (Å²) in [6, 6.07) is 15.9. The summed E-state index contributed by atoms with van der Waals surface area (Å²) in [7, 11) is 1.81. The highest BCUT2D eigenvalue weighted by atomic mass is 16.2. The van der Waals surface area contributed by atoms with Gasteiger partial charge in [0.2, 0.25) is 0 Å². The van der Waals surface area contributed by atoms with Crippen molar-refractivity contribution in [1.82, 2.24) is 14.9 Å². The lowest BCUT2D eigenvalue weighted by Gasteiger charge is -2.17. The maximum Gasteiger partial charge on any atom is 0.255 e. The van der Waals surface area contributed by atoms with E-state index in [1.54, 1.807) is 29.7 Å². The number of hydrogen-bond acceptors (Lipinski definition) is 4. The number of rotatable bonds is 7. The quantitative estimate of drug-likeness (QED) is 0.712. The van der Waals surface area contributed by atoms with Crippen LogP contribution in [0.1, 0.15) is 21.5 Å². The van der Waals surface area contributed by atoms with Crippen molar-refractivity contribution in [2.45, 2.75) is 13.0 Å². The van der Waals surface area contributed by atoms with Crippen LogP contribution in [0.3, 0.4) is 0 Å². The third kappa shape index (κ3) is 4.89. The van der Waals surface area contributed by atoms with Gasteiger partial charge in [0.25, 0.3) is 5.91 Å². The minimum Gasteiger partial charge on any atom is -0.380 e. The van der Waals surface area contributed by atoms with Gasteiger partial charge in [-0.05, 0) is 35.7 Å². The summed E-state index contributed by atoms with van der Waals surface area (Å²) < 4.78 is 0. The molecule has 0 aliphatic carbocycles. The average Bonchev–Trinajstić information content (AvgIpc) is 2.71. The Hall–Kier alpha value is -3.21. The molecule has 3 aromatic rings. The average molecular weight is 346 g/mol. The Morgan fingerprint density at radius 3 is 2.54 bits per heavy atom. The first-order valence-electron chi connectivity index (χ1n) is 8.59. The van der Waals surface area contributed by atoms with E-state index < -0.39 is 0 Å². The molecular formula is C21H22N4O. The van der Waals surface area contributed by atoms with Gasteiger partial charge in [0.1, 0.15) is 0 Å². The van der Waals surface area contributed by atoms with Crippen molar-refractivity contribution in [3.05, 3.63) is 90.0 Å². The van der Waals surface area contributed by atoms with Crippen molar-refractivity contribution in [1.29, 1.82) is 0 Å². The minimum atomic E-state index is -0.0325. The predicted molar refractivity (Wildman–Crippen MR) is 103 cm³/mol. The van der Waals surface area contributed by atoms with Crippen LogP contribution in [0.4, 0.5) is 5.69 Å². The van der Waals surface area contributed by atoms with E-state index in [2.05, 4.69) is 27.4 Å². The van der Waals surface area contributed by atoms with Crippen LogP contribution in [-0.4, -0.2) is 34.4 Å². The predicted octanol–water partition coefficient (Wildman–Crippen LogP) is 3.40. The maximum atomic E-state index is 12.6. The number of nitrogens with one attached hydrogen (secondary N) is 1. The van der Waals surface area contributed by atoms with Gasteiger partial charge >= 0.3 is 0 Å². The number of nitrogens with zero attached hydrogens (tertiary/aromatic N) is 3. The van der Waals surface area contributed by atoms with Gasteiger partial charge in [-0.25, -0.2) is 0 Å². The largest absolute Gasteiger partial charge is 0.380 e. The molecule has 0 saturated carbocycles. The van der Waals surface area contributed by atoms with Crippen LogP contribution in [0.25, 0.3) is 0 Å². The highest BCUT2D eigenvalue weighted by molar-refractivity contribution is 5.94. The third-order valence-corrected chi connectivity index (χ3v) is 4.16. The Morgan fingerprint density at radius 2 is 1.77 bits per heavy atom. The number of likely N-dealkylation sites (N-methyl/N-ethyl adjacent to an activating group) is 1. The van der Waals surface area contributed by atoms with Gasteiger partial charge in [0.05, 0.1) is 11.3 Å². The Balaban J connectivity index is 1.58. The van der Waals surface area contributed by atoms with Crippen LogP contribution in [0, 0.1) is 0 Å². The van der Waals surface area contributed by atoms with Crippen molar-refractivity contribution in [3.8, 4) is 0 Å². The second-order valence-corrected chi connectivity index (χ2v) is 6.13. The van der Waals surface area contributed by atoms with Crippen molar-refractivity contribution in [2.75, 3.05) is 18.9 Å². The topological polar surface area (TPSA) is 58.1 Å². The lowest BCUT2D eigenvalue weighted by molar-refractivity contribution is 0.0796. The number of carbonyl (C=O) groups excluding carboxylic acids is 1. The minimum absolute atomic E-state index is 0.0325. The lowest BCUT2D eigenvalue weighted by atomic mass is 10.2. The summed E-state index contributed by atoms with van der Waals surface area (Å²) in [5.74, 6) is -0.0325. The second kappa shape index (κ2) is 8.76. The summed E-state index contributed by atoms with van der Waals surface area (Å²) in [6.45, 7) is 1.34. The van der Waals surface area contributed by atoms with Crippen LogP contribution in [0.2, 0.25) is 0 Å². The fraction of sp³-hybridized carbons (Fsp3) is 0.190. The molecule has 0 fully saturated rings. The van der Waals surface area contributed by atoms with Crippen LogP contribution in [0.15, 0.2) is 73.3 Å². The van der Waals surface area contributed by atoms with Crippen LogP contribution in [-0.2, 0) is 13.0 Å². The molecule has 132 valence electrons. The van der Waals surface area contributed by atoms with Gasteiger partial charge in [-0.3, -0.25) is 14.8 Å². The Morgan fingerprint density at radius 1 is 1.00 bits per heavy atom. The zero-order chi connectivity index (χ0) is 18.2. The van der Waals surface area contributed by atoms with Gasteiger partial charge in [-0.2, -0.15) is 0 Å². The maximum absolute atomic E-state index is 12.6. The van der Waals surface area contributed by atoms with Gasteiger partial charge in [0, 0.05) is 44.9 Å². The van der Waals surface area contributed by atoms with Gasteiger partial charge in [0.15, 0.2) is 0 Å². The third-order valence-electron chi connectivity index (χ3n) is 4.16. The number of anilines is 1. The molecule has 0 aliphatic heterocycles. The highest BCUT2D eigenvalue weighted by Gasteiger charge is 2.12. The molecule has 1 amide bonds. The standard InChI is InChI=1S/C21H22N4O/c1-25(12-9-17-7-10-22-11-8-17)21(26)19-13-20(16-23-15-19)24-14-18-5-3-2-4-6-18/h2-8,10-11,13,15-16,24H,9,12,14H2,1H3. The van der Waals surface area contributed by atoms with Crippen LogP contribution >= 0.6 is 0 Å². The monoisotopic (exact) mass is 346 g/mol. The van der Waals surface area contributed by atoms with Gasteiger partial charge < -0.3 is 10.2 Å². The van der Waals surface area contributed by atoms with Crippen molar-refractivity contribution in [2.24, 2.45) is 0 Å². The highest BCUT2D eigenvalue weighted by Crippen LogP contribution is 2.12. The molecule has 0 saturated heterocycles. The molecule has 5 heteroatoms. The molecular weight excluding hydrogens is 324 g/mol. The summed E-state index contributed by atoms with van der Waals surface area (Å²) >= 11 is 0. The Bertz CT molecular complexity index is 837. The molecule has 0 radical (unpaired) electrons. The molecule has 0 unspecified atom stereocenters. The van der Waals surface area contributed by atoms with Gasteiger partial charge in [-0.15, -0.1) is 0 Å². The number of amides is 1. The summed E-state index contributed by atoms with van der Waals surface area (Å²) in [4.78, 5) is 22.6. The zero-order valence-corrected chi connectivity index (χ0v) is 14.8. The number of hydrogen-bond donors (Lipinski definition) is 1. The molecule has 0 spiro atoms. The number of aromatic nitrogens is 2. The van der Waals surface area contributed by atoms with E-state index in [9.17, 15) is 4.79 Å². The van der Waals surface area contributed by atoms with Crippen molar-refractivity contribution >= 4 is 11.6 Å². The fourth-order valence-electron chi connectivity index (χ4n) is 2.62. The summed E-state index contributed by atoms with van der Waals surface area (Å²) in [5.41, 5.74) is 3.76. The SMILES string of the molecule is CN(CCc1ccncc1)C(=O)c1cncc(NCc2ccccc2)c1. The molecule has 3 rings (SSSR count). The fourth-order valence-corrected chi connectivity index (χ4v) is 2.62. The van der Waals surface area contributed by atoms with E-state index in [0.717, 1.165) is 17.7 Å². The summed E-state index contributed by atoms with van der Waals surface area (Å²) in [6.07, 6.45) is 7.67. The van der Waals surface area contributed by atoms with E-state index >= 15 is 0 Å². The van der Waals surface area contributed by atoms with Gasteiger partial charge in [-0.1, -0.05) is 30.3 Å². The molecule has 1 N–H and O–H groups in total. The lowest BCUT2D eigenvalue weighted by Crippen LogP contribution is -2.29. The molecule has 2 aromatic heterocycles. The molecule has 0 atom stereocenters. The number of pyridine rings is 2. The first kappa shape index (κ1) is 17.6. The van der Waals surface area contributed by atoms with E-state index in [4.69, 9.17) is 0 Å². The van der Waals surface area contributed by atoms with Crippen LogP contribution < -0.4 is 5.32 Å². The summed E-state index contributed by atoms with van der Waals surface area (Å²) in [5, 5.41) is 3.31. The molecule has 5 nitrogen and oxygen atoms in total. The van der Waals surface area contributed by atoms with Crippen molar-refractivity contribution in [3.63, 3.8) is 0 Å². The van der Waals surface area contributed by atoms with Crippen LogP contribution in [0.5, 0.6) is 0 Å². The molecule has 0 aliphatic rings. The molecule has 1 aromatic carbocycles. The molecule has 2 heterocycles. The molecule has 0 bridgehead atoms. The first-order chi connectivity index (χ1) is 12.7. The molecule has 26 heavy (non-hydrogen) atoms. The Labute approximate surface area is 153 Å². The van der Waals surface area contributed by atoms with E-state index in [-0.39, 0.29) is 5.91 Å². The first-order valence-corrected chi connectivity index (χ1v) is 8.59. The van der Waals surface area contributed by atoms with E-state index in [1.807, 2.05) is 43.4 Å². The normalized spacial score (nSPS) is 10.3. The number of benzene rings is 1.